The quantitative estimate of drug-likeness (QED) is 0.818. The number of fused-ring (bicyclic) bond motifs is 1. The number of hydrogen-bond donors (Lipinski definition) is 1. The number of nitrogens with zero attached hydrogens (tertiary/aromatic N) is 3. The van der Waals surface area contributed by atoms with Crippen molar-refractivity contribution in [2.45, 2.75) is 6.42 Å². The maximum atomic E-state index is 5.94. The number of nitrogens with one attached hydrogen (secondary N) is 1. The van der Waals surface area contributed by atoms with Gasteiger partial charge in [0, 0.05) is 38.4 Å². The highest BCUT2D eigenvalue weighted by atomic mass is 16.7. The summed E-state index contributed by atoms with van der Waals surface area (Å²) >= 11 is 0. The Kier molecular flexibility index (Phi) is 5.04. The minimum atomic E-state index is 0.731. The van der Waals surface area contributed by atoms with Crippen LogP contribution in [0.1, 0.15) is 6.42 Å². The van der Waals surface area contributed by atoms with Crippen molar-refractivity contribution in [2.24, 2.45) is 0 Å². The number of hydrogen-bond acceptors (Lipinski definition) is 5. The number of hydroxylamine groups is 1. The monoisotopic (exact) mass is 338 g/mol. The van der Waals surface area contributed by atoms with Gasteiger partial charge in [-0.1, -0.05) is 30.3 Å². The second-order valence-electron chi connectivity index (χ2n) is 6.58. The van der Waals surface area contributed by atoms with Crippen LogP contribution in [0.5, 0.6) is 0 Å². The fraction of sp³-hybridized carbons (Fsp3) is 0.400. The van der Waals surface area contributed by atoms with Crippen molar-refractivity contribution < 1.29 is 4.84 Å². The molecule has 0 amide bonds. The van der Waals surface area contributed by atoms with Crippen LogP contribution >= 0.6 is 0 Å². The normalized spacial score (nSPS) is 17.4. The van der Waals surface area contributed by atoms with Gasteiger partial charge in [-0.15, -0.1) is 0 Å². The Balaban J connectivity index is 1.16. The molecule has 0 aromatic heterocycles. The first-order valence-electron chi connectivity index (χ1n) is 9.16. The van der Waals surface area contributed by atoms with Gasteiger partial charge in [-0.3, -0.25) is 9.74 Å². The van der Waals surface area contributed by atoms with Gasteiger partial charge in [0.15, 0.2) is 0 Å². The van der Waals surface area contributed by atoms with Crippen LogP contribution in [0.3, 0.4) is 0 Å². The van der Waals surface area contributed by atoms with Gasteiger partial charge in [-0.2, -0.15) is 0 Å². The van der Waals surface area contributed by atoms with Crippen molar-refractivity contribution in [3.05, 3.63) is 54.6 Å². The Morgan fingerprint density at radius 2 is 1.64 bits per heavy atom. The van der Waals surface area contributed by atoms with Gasteiger partial charge in [-0.05, 0) is 30.7 Å². The van der Waals surface area contributed by atoms with Gasteiger partial charge in [-0.25, -0.2) is 5.06 Å². The van der Waals surface area contributed by atoms with E-state index in [1.807, 2.05) is 11.1 Å². The molecule has 2 heterocycles. The van der Waals surface area contributed by atoms with Crippen molar-refractivity contribution >= 4 is 17.1 Å². The van der Waals surface area contributed by atoms with E-state index in [9.17, 15) is 0 Å². The van der Waals surface area contributed by atoms with Gasteiger partial charge in [0.2, 0.25) is 0 Å². The minimum absolute atomic E-state index is 0.731. The molecule has 0 spiro atoms. The Hall–Kier alpha value is -2.24. The van der Waals surface area contributed by atoms with Crippen LogP contribution in [0, 0.1) is 0 Å². The summed E-state index contributed by atoms with van der Waals surface area (Å²) in [6, 6.07) is 19.0. The topological polar surface area (TPSA) is 31.0 Å². The summed E-state index contributed by atoms with van der Waals surface area (Å²) in [7, 11) is 0. The van der Waals surface area contributed by atoms with Gasteiger partial charge in [0.25, 0.3) is 0 Å². The Morgan fingerprint density at radius 3 is 2.48 bits per heavy atom. The van der Waals surface area contributed by atoms with E-state index >= 15 is 0 Å². The van der Waals surface area contributed by atoms with Crippen molar-refractivity contribution in [3.63, 3.8) is 0 Å². The first-order chi connectivity index (χ1) is 12.4. The highest BCUT2D eigenvalue weighted by Gasteiger charge is 2.19. The Bertz CT molecular complexity index is 670. The lowest BCUT2D eigenvalue weighted by atomic mass is 10.2. The maximum absolute atomic E-state index is 5.94. The molecular formula is C20H26N4O. The van der Waals surface area contributed by atoms with Gasteiger partial charge in [0.05, 0.1) is 18.0 Å². The number of benzene rings is 2. The lowest BCUT2D eigenvalue weighted by molar-refractivity contribution is 0.103. The van der Waals surface area contributed by atoms with E-state index in [-0.39, 0.29) is 0 Å². The van der Waals surface area contributed by atoms with Crippen molar-refractivity contribution in [3.8, 4) is 0 Å². The highest BCUT2D eigenvalue weighted by Crippen LogP contribution is 2.30. The molecule has 2 aromatic carbocycles. The number of piperazine rings is 1. The van der Waals surface area contributed by atoms with E-state index in [1.165, 1.54) is 5.69 Å². The summed E-state index contributed by atoms with van der Waals surface area (Å²) in [5.41, 5.74) is 3.63. The van der Waals surface area contributed by atoms with E-state index in [4.69, 9.17) is 4.84 Å². The fourth-order valence-electron chi connectivity index (χ4n) is 3.53. The van der Waals surface area contributed by atoms with Crippen LogP contribution in [-0.4, -0.2) is 50.9 Å². The molecule has 1 saturated heterocycles. The average molecular weight is 338 g/mol. The SMILES string of the molecule is c1ccc(N2CCN(CCCON3CNc4ccccc43)CC2)cc1. The van der Waals surface area contributed by atoms with Crippen LogP contribution in [0.15, 0.2) is 54.6 Å². The largest absolute Gasteiger partial charge is 0.369 e. The van der Waals surface area contributed by atoms with Crippen molar-refractivity contribution in [1.82, 2.24) is 4.90 Å². The summed E-state index contributed by atoms with van der Waals surface area (Å²) < 4.78 is 0. The molecule has 0 aliphatic carbocycles. The second-order valence-corrected chi connectivity index (χ2v) is 6.58. The molecule has 0 unspecified atom stereocenters. The van der Waals surface area contributed by atoms with E-state index in [0.29, 0.717) is 0 Å². The van der Waals surface area contributed by atoms with E-state index in [1.54, 1.807) is 0 Å². The molecule has 0 bridgehead atoms. The maximum Gasteiger partial charge on any atom is 0.114 e. The fourth-order valence-corrected chi connectivity index (χ4v) is 3.53. The standard InChI is InChI=1S/C20H26N4O/c1-2-7-18(8-3-1)23-14-12-22(13-15-23)11-6-16-25-24-17-21-19-9-4-5-10-20(19)24/h1-5,7-10,21H,6,11-17H2. The predicted octanol–water partition coefficient (Wildman–Crippen LogP) is 3.02. The third-order valence-electron chi connectivity index (χ3n) is 4.95. The van der Waals surface area contributed by atoms with Crippen LogP contribution in [0.2, 0.25) is 0 Å². The first kappa shape index (κ1) is 16.2. The zero-order valence-corrected chi connectivity index (χ0v) is 14.6. The summed E-state index contributed by atoms with van der Waals surface area (Å²) in [4.78, 5) is 11.0. The number of para-hydroxylation sites is 3. The molecule has 1 N–H and O–H groups in total. The highest BCUT2D eigenvalue weighted by molar-refractivity contribution is 5.73. The number of anilines is 3. The molecule has 25 heavy (non-hydrogen) atoms. The van der Waals surface area contributed by atoms with E-state index < -0.39 is 0 Å². The van der Waals surface area contributed by atoms with E-state index in [0.717, 1.165) is 63.8 Å². The summed E-state index contributed by atoms with van der Waals surface area (Å²) in [5, 5.41) is 5.31. The lowest BCUT2D eigenvalue weighted by Crippen LogP contribution is -2.46. The first-order valence-corrected chi connectivity index (χ1v) is 9.16. The molecule has 0 saturated carbocycles. The zero-order valence-electron chi connectivity index (χ0n) is 14.6. The van der Waals surface area contributed by atoms with Crippen LogP contribution in [0.4, 0.5) is 17.1 Å². The molecule has 5 nitrogen and oxygen atoms in total. The molecule has 2 aliphatic heterocycles. The Labute approximate surface area is 149 Å². The van der Waals surface area contributed by atoms with E-state index in [2.05, 4.69) is 63.6 Å². The molecule has 0 radical (unpaired) electrons. The van der Waals surface area contributed by atoms with Gasteiger partial charge in [0.1, 0.15) is 6.67 Å². The summed E-state index contributed by atoms with van der Waals surface area (Å²) in [6.07, 6.45) is 1.06. The molecule has 4 rings (SSSR count). The van der Waals surface area contributed by atoms with Crippen LogP contribution in [-0.2, 0) is 4.84 Å². The smallest absolute Gasteiger partial charge is 0.114 e. The van der Waals surface area contributed by atoms with Crippen LogP contribution < -0.4 is 15.3 Å². The third-order valence-corrected chi connectivity index (χ3v) is 4.95. The minimum Gasteiger partial charge on any atom is -0.369 e. The molecule has 1 fully saturated rings. The average Bonchev–Trinajstić information content (AvgIpc) is 3.10. The Morgan fingerprint density at radius 1 is 0.880 bits per heavy atom. The van der Waals surface area contributed by atoms with Crippen molar-refractivity contribution in [1.29, 1.82) is 0 Å². The predicted molar refractivity (Wildman–Crippen MR) is 103 cm³/mol. The molecule has 0 atom stereocenters. The molecular weight excluding hydrogens is 312 g/mol. The summed E-state index contributed by atoms with van der Waals surface area (Å²) in [5.74, 6) is 0. The van der Waals surface area contributed by atoms with Gasteiger partial charge < -0.3 is 10.2 Å². The third kappa shape index (κ3) is 3.89. The molecule has 2 aromatic rings. The van der Waals surface area contributed by atoms with Crippen LogP contribution in [0.25, 0.3) is 0 Å². The lowest BCUT2D eigenvalue weighted by Gasteiger charge is -2.36. The molecule has 5 heteroatoms. The summed E-state index contributed by atoms with van der Waals surface area (Å²) in [6.45, 7) is 7.06. The molecule has 2 aliphatic rings. The number of rotatable bonds is 6. The molecule has 132 valence electrons. The zero-order chi connectivity index (χ0) is 16.9. The van der Waals surface area contributed by atoms with Crippen molar-refractivity contribution in [2.75, 3.05) is 61.3 Å². The second kappa shape index (κ2) is 7.76. The van der Waals surface area contributed by atoms with Gasteiger partial charge >= 0.3 is 0 Å².